The number of ether oxygens (including phenoxy) is 2. The van der Waals surface area contributed by atoms with E-state index in [0.717, 1.165) is 23.1 Å². The maximum atomic E-state index is 13.3. The highest BCUT2D eigenvalue weighted by atomic mass is 16.5. The highest BCUT2D eigenvalue weighted by molar-refractivity contribution is 5.87. The highest BCUT2D eigenvalue weighted by Gasteiger charge is 2.28. The Kier molecular flexibility index (Phi) is 10.1. The van der Waals surface area contributed by atoms with Gasteiger partial charge in [-0.1, -0.05) is 49.7 Å². The predicted octanol–water partition coefficient (Wildman–Crippen LogP) is 4.28. The van der Waals surface area contributed by atoms with Gasteiger partial charge in [0.25, 0.3) is 0 Å². The van der Waals surface area contributed by atoms with E-state index < -0.39 is 6.04 Å². The Morgan fingerprint density at radius 2 is 1.62 bits per heavy atom. The van der Waals surface area contributed by atoms with E-state index in [1.54, 1.807) is 19.1 Å². The van der Waals surface area contributed by atoms with Crippen LogP contribution < -0.4 is 14.8 Å². The summed E-state index contributed by atoms with van der Waals surface area (Å²) in [5.74, 6) is 1.15. The Bertz CT molecular complexity index is 880. The van der Waals surface area contributed by atoms with Gasteiger partial charge in [0, 0.05) is 19.5 Å². The van der Waals surface area contributed by atoms with Crippen LogP contribution in [0.3, 0.4) is 0 Å². The third kappa shape index (κ3) is 7.01. The minimum Gasteiger partial charge on any atom is -0.493 e. The molecule has 0 aliphatic carbocycles. The van der Waals surface area contributed by atoms with Crippen LogP contribution in [0.1, 0.15) is 49.8 Å². The van der Waals surface area contributed by atoms with Crippen molar-refractivity contribution in [2.45, 2.75) is 59.0 Å². The Morgan fingerprint density at radius 3 is 2.22 bits per heavy atom. The number of carbonyl (C=O) groups is 2. The predicted molar refractivity (Wildman–Crippen MR) is 127 cm³/mol. The van der Waals surface area contributed by atoms with Gasteiger partial charge >= 0.3 is 0 Å². The highest BCUT2D eigenvalue weighted by Crippen LogP contribution is 2.28. The van der Waals surface area contributed by atoms with Gasteiger partial charge in [0.15, 0.2) is 11.5 Å². The van der Waals surface area contributed by atoms with Crippen LogP contribution in [0.25, 0.3) is 0 Å². The molecule has 2 aromatic carbocycles. The lowest BCUT2D eigenvalue weighted by Gasteiger charge is -2.31. The summed E-state index contributed by atoms with van der Waals surface area (Å²) in [5, 5.41) is 2.95. The third-order valence-electron chi connectivity index (χ3n) is 5.48. The summed E-state index contributed by atoms with van der Waals surface area (Å²) >= 11 is 0. The summed E-state index contributed by atoms with van der Waals surface area (Å²) in [6, 6.07) is 13.3. The zero-order chi connectivity index (χ0) is 23.5. The van der Waals surface area contributed by atoms with E-state index in [-0.39, 0.29) is 11.8 Å². The van der Waals surface area contributed by atoms with Gasteiger partial charge in [0.1, 0.15) is 6.04 Å². The lowest BCUT2D eigenvalue weighted by atomic mass is 10.0. The van der Waals surface area contributed by atoms with Crippen LogP contribution in [0.15, 0.2) is 42.5 Å². The van der Waals surface area contributed by atoms with Crippen LogP contribution in [0, 0.1) is 6.92 Å². The molecule has 0 saturated heterocycles. The van der Waals surface area contributed by atoms with Gasteiger partial charge in [0.05, 0.1) is 14.2 Å². The summed E-state index contributed by atoms with van der Waals surface area (Å²) in [6.07, 6.45) is 2.27. The molecule has 0 unspecified atom stereocenters. The van der Waals surface area contributed by atoms with Crippen molar-refractivity contribution in [2.75, 3.05) is 20.8 Å². The fraction of sp³-hybridized carbons (Fsp3) is 0.462. The molecule has 0 aromatic heterocycles. The lowest BCUT2D eigenvalue weighted by Crippen LogP contribution is -2.49. The Morgan fingerprint density at radius 1 is 0.969 bits per heavy atom. The molecule has 0 radical (unpaired) electrons. The fourth-order valence-electron chi connectivity index (χ4n) is 3.61. The van der Waals surface area contributed by atoms with E-state index in [1.807, 2.05) is 63.2 Å². The molecule has 1 N–H and O–H groups in total. The van der Waals surface area contributed by atoms with Gasteiger partial charge in [-0.25, -0.2) is 0 Å². The van der Waals surface area contributed by atoms with E-state index >= 15 is 0 Å². The van der Waals surface area contributed by atoms with Gasteiger partial charge in [-0.2, -0.15) is 0 Å². The average molecular weight is 441 g/mol. The van der Waals surface area contributed by atoms with Crippen molar-refractivity contribution in [3.8, 4) is 11.5 Å². The zero-order valence-electron chi connectivity index (χ0n) is 19.9. The molecule has 0 saturated carbocycles. The number of benzene rings is 2. The molecule has 2 amide bonds. The van der Waals surface area contributed by atoms with Gasteiger partial charge in [-0.05, 0) is 49.4 Å². The number of methoxy groups -OCH3 is 2. The van der Waals surface area contributed by atoms with Crippen molar-refractivity contribution in [3.63, 3.8) is 0 Å². The van der Waals surface area contributed by atoms with Gasteiger partial charge in [0.2, 0.25) is 11.8 Å². The van der Waals surface area contributed by atoms with E-state index in [1.165, 1.54) is 0 Å². The maximum absolute atomic E-state index is 13.3. The molecule has 0 heterocycles. The zero-order valence-corrected chi connectivity index (χ0v) is 19.9. The molecule has 0 spiro atoms. The number of rotatable bonds is 12. The van der Waals surface area contributed by atoms with Crippen molar-refractivity contribution < 1.29 is 19.1 Å². The van der Waals surface area contributed by atoms with Crippen LogP contribution in [0.4, 0.5) is 0 Å². The summed E-state index contributed by atoms with van der Waals surface area (Å²) < 4.78 is 10.7. The number of nitrogens with one attached hydrogen (secondary N) is 1. The molecule has 2 rings (SSSR count). The standard InChI is InChI=1S/C26H36N2O4/c1-6-16-27-26(30)22(7-2)28(18-21-10-8-19(3)9-11-21)25(29)15-13-20-12-14-23(31-4)24(17-20)32-5/h8-12,14,17,22H,6-7,13,15-16,18H2,1-5H3,(H,27,30)/t22-/m1/s1. The smallest absolute Gasteiger partial charge is 0.242 e. The molecule has 6 nitrogen and oxygen atoms in total. The van der Waals surface area contributed by atoms with E-state index in [0.29, 0.717) is 43.9 Å². The van der Waals surface area contributed by atoms with Crippen molar-refractivity contribution in [1.29, 1.82) is 0 Å². The molecule has 0 bridgehead atoms. The largest absolute Gasteiger partial charge is 0.493 e. The Hall–Kier alpha value is -3.02. The minimum absolute atomic E-state index is 0.0427. The Labute approximate surface area is 191 Å². The van der Waals surface area contributed by atoms with Gasteiger partial charge in [-0.3, -0.25) is 9.59 Å². The fourth-order valence-corrected chi connectivity index (χ4v) is 3.61. The van der Waals surface area contributed by atoms with E-state index in [2.05, 4.69) is 5.32 Å². The first kappa shape index (κ1) is 25.2. The second kappa shape index (κ2) is 12.7. The second-order valence-electron chi connectivity index (χ2n) is 7.91. The molecule has 32 heavy (non-hydrogen) atoms. The van der Waals surface area contributed by atoms with Crippen molar-refractivity contribution >= 4 is 11.8 Å². The topological polar surface area (TPSA) is 67.9 Å². The number of hydrogen-bond acceptors (Lipinski definition) is 4. The van der Waals surface area contributed by atoms with Gasteiger partial charge < -0.3 is 19.7 Å². The van der Waals surface area contributed by atoms with Crippen LogP contribution in [0.5, 0.6) is 11.5 Å². The second-order valence-corrected chi connectivity index (χ2v) is 7.91. The van der Waals surface area contributed by atoms with E-state index in [9.17, 15) is 9.59 Å². The molecular formula is C26H36N2O4. The minimum atomic E-state index is -0.499. The molecule has 174 valence electrons. The molecule has 0 aliphatic heterocycles. The van der Waals surface area contributed by atoms with Crippen molar-refractivity contribution in [1.82, 2.24) is 10.2 Å². The monoisotopic (exact) mass is 440 g/mol. The first-order chi connectivity index (χ1) is 15.4. The van der Waals surface area contributed by atoms with Crippen LogP contribution >= 0.6 is 0 Å². The first-order valence-electron chi connectivity index (χ1n) is 11.3. The van der Waals surface area contributed by atoms with Crippen LogP contribution in [0.2, 0.25) is 0 Å². The quantitative estimate of drug-likeness (QED) is 0.535. The number of nitrogens with zero attached hydrogens (tertiary/aromatic N) is 1. The molecule has 6 heteroatoms. The Balaban J connectivity index is 2.20. The molecule has 1 atom stereocenters. The molecular weight excluding hydrogens is 404 g/mol. The number of hydrogen-bond donors (Lipinski definition) is 1. The normalized spacial score (nSPS) is 11.5. The van der Waals surface area contributed by atoms with Crippen LogP contribution in [-0.4, -0.2) is 43.5 Å². The molecule has 2 aromatic rings. The SMILES string of the molecule is CCCNC(=O)[C@@H](CC)N(Cc1ccc(C)cc1)C(=O)CCc1ccc(OC)c(OC)c1. The van der Waals surface area contributed by atoms with Crippen LogP contribution in [-0.2, 0) is 22.6 Å². The van der Waals surface area contributed by atoms with E-state index in [4.69, 9.17) is 9.47 Å². The lowest BCUT2D eigenvalue weighted by molar-refractivity contribution is -0.141. The first-order valence-corrected chi connectivity index (χ1v) is 11.3. The number of amides is 2. The molecule has 0 aliphatic rings. The molecule has 0 fully saturated rings. The summed E-state index contributed by atoms with van der Waals surface area (Å²) in [7, 11) is 3.19. The average Bonchev–Trinajstić information content (AvgIpc) is 2.81. The number of carbonyl (C=O) groups excluding carboxylic acids is 2. The third-order valence-corrected chi connectivity index (χ3v) is 5.48. The summed E-state index contributed by atoms with van der Waals surface area (Å²) in [6.45, 7) is 7.00. The number of aryl methyl sites for hydroxylation is 2. The summed E-state index contributed by atoms with van der Waals surface area (Å²) in [4.78, 5) is 27.9. The maximum Gasteiger partial charge on any atom is 0.242 e. The van der Waals surface area contributed by atoms with Gasteiger partial charge in [-0.15, -0.1) is 0 Å². The summed E-state index contributed by atoms with van der Waals surface area (Å²) in [5.41, 5.74) is 3.15. The van der Waals surface area contributed by atoms with Crippen molar-refractivity contribution in [3.05, 3.63) is 59.2 Å². The van der Waals surface area contributed by atoms with Crippen molar-refractivity contribution in [2.24, 2.45) is 0 Å².